The zero-order valence-corrected chi connectivity index (χ0v) is 26.0. The van der Waals surface area contributed by atoms with Crippen molar-refractivity contribution in [2.24, 2.45) is 0 Å². The van der Waals surface area contributed by atoms with Crippen molar-refractivity contribution in [3.63, 3.8) is 0 Å². The molecule has 1 N–H and O–H groups in total. The first kappa shape index (κ1) is 29.5. The summed E-state index contributed by atoms with van der Waals surface area (Å²) < 4.78 is 18.6. The molecule has 0 aliphatic carbocycles. The standard InChI is InChI=1S/C33H39N7O4/c1-21-11-12-26-25(19-35-37-26)30(21)43-27-10-6-9-23-28(27)36-31(42-20-22-8-7-13-38(22)5)24(18-34)29(23)39-14-16-40(17-15-39)32(41)44-33(2,3)4/h6,9-12,19,22H,7-8,13-17,20H2,1-5H3,(H,35,37)/t22-/m0/s1. The number of nitrogens with one attached hydrogen (secondary N) is 1. The molecule has 6 rings (SSSR count). The summed E-state index contributed by atoms with van der Waals surface area (Å²) in [5, 5.41) is 19.4. The lowest BCUT2D eigenvalue weighted by Gasteiger charge is -2.37. The number of hydrogen-bond acceptors (Lipinski definition) is 9. The van der Waals surface area contributed by atoms with Crippen LogP contribution in [0.2, 0.25) is 0 Å². The van der Waals surface area contributed by atoms with Crippen molar-refractivity contribution in [3.05, 3.63) is 47.7 Å². The van der Waals surface area contributed by atoms with Crippen LogP contribution in [0.4, 0.5) is 10.5 Å². The molecule has 1 amide bonds. The number of aromatic nitrogens is 3. The highest BCUT2D eigenvalue weighted by Crippen LogP contribution is 2.42. The number of amides is 1. The third kappa shape index (κ3) is 5.82. The van der Waals surface area contributed by atoms with Crippen LogP contribution in [0.25, 0.3) is 21.8 Å². The minimum atomic E-state index is -0.571. The number of hydrogen-bond donors (Lipinski definition) is 1. The van der Waals surface area contributed by atoms with Gasteiger partial charge in [-0.1, -0.05) is 18.2 Å². The fourth-order valence-corrected chi connectivity index (χ4v) is 5.99. The number of likely N-dealkylation sites (N-methyl/N-ethyl adjacent to an activating group) is 1. The summed E-state index contributed by atoms with van der Waals surface area (Å²) in [6, 6.07) is 12.4. The molecule has 2 fully saturated rings. The Labute approximate surface area is 257 Å². The zero-order valence-electron chi connectivity index (χ0n) is 26.0. The summed E-state index contributed by atoms with van der Waals surface area (Å²) in [5.41, 5.74) is 2.99. The third-order valence-electron chi connectivity index (χ3n) is 8.35. The maximum absolute atomic E-state index is 12.8. The molecule has 230 valence electrons. The smallest absolute Gasteiger partial charge is 0.410 e. The highest BCUT2D eigenvalue weighted by molar-refractivity contribution is 5.99. The minimum absolute atomic E-state index is 0.257. The molecule has 2 aliphatic heterocycles. The number of pyridine rings is 1. The number of anilines is 1. The van der Waals surface area contributed by atoms with Crippen molar-refractivity contribution in [2.45, 2.75) is 52.2 Å². The van der Waals surface area contributed by atoms with Gasteiger partial charge in [0.1, 0.15) is 35.1 Å². The number of benzene rings is 2. The predicted molar refractivity (Wildman–Crippen MR) is 169 cm³/mol. The number of aryl methyl sites for hydroxylation is 1. The van der Waals surface area contributed by atoms with Gasteiger partial charge in [0.15, 0.2) is 5.75 Å². The molecule has 0 radical (unpaired) electrons. The topological polar surface area (TPSA) is 120 Å². The lowest BCUT2D eigenvalue weighted by Crippen LogP contribution is -2.50. The Balaban J connectivity index is 1.40. The molecule has 2 aromatic heterocycles. The van der Waals surface area contributed by atoms with Crippen molar-refractivity contribution in [3.8, 4) is 23.4 Å². The number of carbonyl (C=O) groups is 1. The van der Waals surface area contributed by atoms with Crippen LogP contribution in [0.15, 0.2) is 36.5 Å². The van der Waals surface area contributed by atoms with Crippen LogP contribution < -0.4 is 14.4 Å². The van der Waals surface area contributed by atoms with Crippen LogP contribution in [-0.2, 0) is 4.74 Å². The summed E-state index contributed by atoms with van der Waals surface area (Å²) in [6.07, 6.45) is 3.58. The average molecular weight is 598 g/mol. The molecule has 0 spiro atoms. The minimum Gasteiger partial charge on any atom is -0.475 e. The van der Waals surface area contributed by atoms with E-state index in [4.69, 9.17) is 19.2 Å². The maximum Gasteiger partial charge on any atom is 0.410 e. The van der Waals surface area contributed by atoms with E-state index in [0.29, 0.717) is 61.2 Å². The van der Waals surface area contributed by atoms with E-state index in [-0.39, 0.29) is 12.1 Å². The van der Waals surface area contributed by atoms with Crippen LogP contribution in [0.5, 0.6) is 17.4 Å². The number of carbonyl (C=O) groups excluding carboxylic acids is 1. The van der Waals surface area contributed by atoms with Crippen LogP contribution in [-0.4, -0.2) is 89.1 Å². The van der Waals surface area contributed by atoms with Gasteiger partial charge in [-0.25, -0.2) is 9.78 Å². The number of fused-ring (bicyclic) bond motifs is 2. The Morgan fingerprint density at radius 2 is 1.91 bits per heavy atom. The van der Waals surface area contributed by atoms with E-state index in [1.165, 1.54) is 0 Å². The molecule has 1 atom stereocenters. The van der Waals surface area contributed by atoms with Gasteiger partial charge >= 0.3 is 6.09 Å². The van der Waals surface area contributed by atoms with Gasteiger partial charge in [0, 0.05) is 37.6 Å². The van der Waals surface area contributed by atoms with Gasteiger partial charge in [0.25, 0.3) is 0 Å². The molecule has 4 aromatic rings. The summed E-state index contributed by atoms with van der Waals surface area (Å²) >= 11 is 0. The molecule has 2 aromatic carbocycles. The van der Waals surface area contributed by atoms with Gasteiger partial charge in [0.05, 0.1) is 22.8 Å². The second kappa shape index (κ2) is 11.8. The monoisotopic (exact) mass is 597 g/mol. The molecule has 2 saturated heterocycles. The SMILES string of the molecule is Cc1ccc2[nH]ncc2c1Oc1cccc2c(N3CCN(C(=O)OC(C)(C)C)CC3)c(C#N)c(OC[C@@H]3CCCN3C)nc12. The van der Waals surface area contributed by atoms with Crippen molar-refractivity contribution in [2.75, 3.05) is 51.3 Å². The lowest BCUT2D eigenvalue weighted by atomic mass is 10.1. The van der Waals surface area contributed by atoms with Crippen LogP contribution in [0, 0.1) is 18.3 Å². The van der Waals surface area contributed by atoms with Crippen molar-refractivity contribution < 1.29 is 19.0 Å². The van der Waals surface area contributed by atoms with Gasteiger partial charge in [-0.3, -0.25) is 5.10 Å². The first-order chi connectivity index (χ1) is 21.1. The summed E-state index contributed by atoms with van der Waals surface area (Å²) in [7, 11) is 2.10. The molecule has 11 heteroatoms. The number of para-hydroxylation sites is 1. The van der Waals surface area contributed by atoms with Gasteiger partial charge in [0.2, 0.25) is 5.88 Å². The molecule has 4 heterocycles. The second-order valence-corrected chi connectivity index (χ2v) is 12.6. The maximum atomic E-state index is 12.8. The first-order valence-electron chi connectivity index (χ1n) is 15.2. The molecular formula is C33H39N7O4. The zero-order chi connectivity index (χ0) is 31.0. The Kier molecular flexibility index (Phi) is 7.95. The van der Waals surface area contributed by atoms with E-state index in [1.54, 1.807) is 11.1 Å². The van der Waals surface area contributed by atoms with Gasteiger partial charge < -0.3 is 28.9 Å². The summed E-state index contributed by atoms with van der Waals surface area (Å²) in [6.45, 7) is 11.0. The number of nitrogens with zero attached hydrogens (tertiary/aromatic N) is 6. The van der Waals surface area contributed by atoms with Crippen molar-refractivity contribution in [1.29, 1.82) is 5.26 Å². The summed E-state index contributed by atoms with van der Waals surface area (Å²) in [5.74, 6) is 1.54. The Hall–Kier alpha value is -4.56. The molecule has 0 saturated carbocycles. The summed E-state index contributed by atoms with van der Waals surface area (Å²) in [4.78, 5) is 23.9. The lowest BCUT2D eigenvalue weighted by molar-refractivity contribution is 0.0240. The number of ether oxygens (including phenoxy) is 3. The van der Waals surface area contributed by atoms with Gasteiger partial charge in [-0.05, 0) is 71.8 Å². The quantitative estimate of drug-likeness (QED) is 0.302. The Bertz CT molecular complexity index is 1730. The highest BCUT2D eigenvalue weighted by Gasteiger charge is 2.30. The van der Waals surface area contributed by atoms with Crippen LogP contribution in [0.1, 0.15) is 44.7 Å². The van der Waals surface area contributed by atoms with E-state index >= 15 is 0 Å². The molecule has 44 heavy (non-hydrogen) atoms. The Morgan fingerprint density at radius 1 is 1.11 bits per heavy atom. The van der Waals surface area contributed by atoms with E-state index in [0.717, 1.165) is 46.9 Å². The van der Waals surface area contributed by atoms with Crippen LogP contribution >= 0.6 is 0 Å². The largest absolute Gasteiger partial charge is 0.475 e. The second-order valence-electron chi connectivity index (χ2n) is 12.6. The van der Waals surface area contributed by atoms with Crippen molar-refractivity contribution >= 4 is 33.6 Å². The number of piperazine rings is 1. The van der Waals surface area contributed by atoms with E-state index < -0.39 is 5.60 Å². The van der Waals surface area contributed by atoms with Crippen molar-refractivity contribution in [1.82, 2.24) is 25.0 Å². The Morgan fingerprint density at radius 3 is 2.61 bits per heavy atom. The fraction of sp³-hybridized carbons (Fsp3) is 0.455. The molecule has 11 nitrogen and oxygen atoms in total. The number of H-pyrrole nitrogens is 1. The normalized spacial score (nSPS) is 17.7. The van der Waals surface area contributed by atoms with E-state index in [1.807, 2.05) is 58.0 Å². The fourth-order valence-electron chi connectivity index (χ4n) is 5.99. The molecule has 0 bridgehead atoms. The molecular weight excluding hydrogens is 558 g/mol. The number of rotatable bonds is 6. The van der Waals surface area contributed by atoms with E-state index in [2.05, 4.69) is 33.1 Å². The van der Waals surface area contributed by atoms with Crippen LogP contribution in [0.3, 0.4) is 0 Å². The van der Waals surface area contributed by atoms with Gasteiger partial charge in [-0.15, -0.1) is 0 Å². The first-order valence-corrected chi connectivity index (χ1v) is 15.2. The molecule has 0 unspecified atom stereocenters. The third-order valence-corrected chi connectivity index (χ3v) is 8.35. The predicted octanol–water partition coefficient (Wildman–Crippen LogP) is 5.61. The van der Waals surface area contributed by atoms with E-state index in [9.17, 15) is 10.1 Å². The average Bonchev–Trinajstić information content (AvgIpc) is 3.65. The number of likely N-dealkylation sites (tertiary alicyclic amines) is 1. The number of aromatic amines is 1. The number of nitriles is 1. The van der Waals surface area contributed by atoms with Gasteiger partial charge in [-0.2, -0.15) is 10.4 Å². The molecule has 2 aliphatic rings. The highest BCUT2D eigenvalue weighted by atomic mass is 16.6.